The first-order valence-corrected chi connectivity index (χ1v) is 15.3. The van der Waals surface area contributed by atoms with Crippen LogP contribution in [0.5, 0.6) is 0 Å². The Morgan fingerprint density at radius 3 is 2.59 bits per heavy atom. The molecular weight excluding hydrogens is 599 g/mol. The molecule has 3 N–H and O–H groups in total. The molecule has 44 heavy (non-hydrogen) atoms. The Kier molecular flexibility index (Phi) is 7.54. The summed E-state index contributed by atoms with van der Waals surface area (Å²) in [6, 6.07) is 4.26. The Bertz CT molecular complexity index is 1850. The van der Waals surface area contributed by atoms with Crippen LogP contribution in [0.3, 0.4) is 0 Å². The number of aromatic amines is 1. The number of nitrogens with zero attached hydrogens (tertiary/aromatic N) is 7. The molecule has 4 aromatic rings. The standard InChI is InChI=1S/C28H28F3N9O3S/c1-27(17-41)7-10-39(11-8-27)22-13-25(33-14-18(22)2-3-20-12-23(38-37-20)28(29,30)31)35-24-6-9-32-26(36-24)19-15-34-40(16-19)44(42,43)21-4-5-21/h6,9,12-16,21,41H,4-5,7-8,10-11,17H2,1H3,(H,37,38)(H,32,33,35,36). The number of alkyl halides is 3. The van der Waals surface area contributed by atoms with Crippen LogP contribution in [-0.4, -0.2) is 72.8 Å². The van der Waals surface area contributed by atoms with E-state index in [1.807, 2.05) is 6.92 Å². The fraction of sp³-hybridized carbons (Fsp3) is 0.393. The predicted octanol–water partition coefficient (Wildman–Crippen LogP) is 3.56. The fourth-order valence-electron chi connectivity index (χ4n) is 4.76. The molecule has 0 radical (unpaired) electrons. The van der Waals surface area contributed by atoms with Gasteiger partial charge in [-0.25, -0.2) is 23.4 Å². The first-order valence-electron chi connectivity index (χ1n) is 13.8. The van der Waals surface area contributed by atoms with Gasteiger partial charge < -0.3 is 15.3 Å². The highest BCUT2D eigenvalue weighted by molar-refractivity contribution is 7.90. The second-order valence-electron chi connectivity index (χ2n) is 11.2. The fourth-order valence-corrected chi connectivity index (χ4v) is 6.24. The maximum absolute atomic E-state index is 13.0. The lowest BCUT2D eigenvalue weighted by molar-refractivity contribution is -0.141. The van der Waals surface area contributed by atoms with Crippen LogP contribution >= 0.6 is 0 Å². The summed E-state index contributed by atoms with van der Waals surface area (Å²) in [4.78, 5) is 15.3. The number of aromatic nitrogens is 7. The summed E-state index contributed by atoms with van der Waals surface area (Å²) in [7, 11) is -3.53. The van der Waals surface area contributed by atoms with Crippen molar-refractivity contribution in [1.82, 2.24) is 34.3 Å². The molecule has 4 aromatic heterocycles. The van der Waals surface area contributed by atoms with Crippen LogP contribution in [0.2, 0.25) is 0 Å². The molecule has 0 amide bonds. The Hall–Kier alpha value is -4.49. The molecule has 0 aromatic carbocycles. The number of aliphatic hydroxyl groups excluding tert-OH is 1. The van der Waals surface area contributed by atoms with Gasteiger partial charge in [0.1, 0.15) is 17.3 Å². The average Bonchev–Trinajstić information content (AvgIpc) is 3.54. The summed E-state index contributed by atoms with van der Waals surface area (Å²) >= 11 is 0. The first-order chi connectivity index (χ1) is 20.9. The molecule has 230 valence electrons. The van der Waals surface area contributed by atoms with E-state index in [1.165, 1.54) is 24.8 Å². The van der Waals surface area contributed by atoms with Crippen molar-refractivity contribution in [2.75, 3.05) is 29.9 Å². The SMILES string of the molecule is CC1(CO)CCN(c2cc(Nc3ccnc(-c4cnn(S(=O)(=O)C5CC5)c4)n3)ncc2C#Cc2cc(C(F)(F)F)n[nH]2)CC1. The van der Waals surface area contributed by atoms with E-state index in [-0.39, 0.29) is 23.5 Å². The van der Waals surface area contributed by atoms with Gasteiger partial charge in [0.15, 0.2) is 11.5 Å². The van der Waals surface area contributed by atoms with Crippen LogP contribution in [-0.2, 0) is 16.2 Å². The average molecular weight is 628 g/mol. The lowest BCUT2D eigenvalue weighted by Crippen LogP contribution is -2.40. The highest BCUT2D eigenvalue weighted by atomic mass is 32.2. The molecule has 1 saturated carbocycles. The van der Waals surface area contributed by atoms with E-state index in [4.69, 9.17) is 0 Å². The van der Waals surface area contributed by atoms with Gasteiger partial charge in [0, 0.05) is 44.2 Å². The summed E-state index contributed by atoms with van der Waals surface area (Å²) in [5.74, 6) is 6.73. The number of rotatable bonds is 7. The van der Waals surface area contributed by atoms with Crippen molar-refractivity contribution in [3.8, 4) is 23.2 Å². The van der Waals surface area contributed by atoms with E-state index in [2.05, 4.69) is 52.3 Å². The first kappa shape index (κ1) is 29.6. The Morgan fingerprint density at radius 1 is 1.14 bits per heavy atom. The summed E-state index contributed by atoms with van der Waals surface area (Å²) in [5, 5.41) is 22.1. The van der Waals surface area contributed by atoms with Crippen molar-refractivity contribution in [2.24, 2.45) is 5.41 Å². The number of halogens is 3. The number of nitrogens with one attached hydrogen (secondary N) is 2. The minimum absolute atomic E-state index is 0.0127. The lowest BCUT2D eigenvalue weighted by atomic mass is 9.81. The second kappa shape index (κ2) is 11.2. The largest absolute Gasteiger partial charge is 0.435 e. The van der Waals surface area contributed by atoms with Crippen LogP contribution < -0.4 is 10.2 Å². The third-order valence-corrected chi connectivity index (χ3v) is 9.75. The van der Waals surface area contributed by atoms with Crippen molar-refractivity contribution in [2.45, 2.75) is 44.0 Å². The second-order valence-corrected chi connectivity index (χ2v) is 13.3. The van der Waals surface area contributed by atoms with Crippen LogP contribution in [0.4, 0.5) is 30.5 Å². The van der Waals surface area contributed by atoms with Crippen LogP contribution in [0.1, 0.15) is 49.6 Å². The Balaban J connectivity index is 1.27. The highest BCUT2D eigenvalue weighted by Gasteiger charge is 2.38. The van der Waals surface area contributed by atoms with Crippen LogP contribution in [0.25, 0.3) is 11.4 Å². The third-order valence-electron chi connectivity index (χ3n) is 7.71. The number of hydrogen-bond donors (Lipinski definition) is 3. The molecule has 0 spiro atoms. The molecule has 2 fully saturated rings. The van der Waals surface area contributed by atoms with Gasteiger partial charge in [-0.3, -0.25) is 5.10 Å². The van der Waals surface area contributed by atoms with Gasteiger partial charge in [-0.15, -0.1) is 0 Å². The summed E-state index contributed by atoms with van der Waals surface area (Å²) in [6.07, 6.45) is 3.96. The van der Waals surface area contributed by atoms with E-state index in [1.54, 1.807) is 12.1 Å². The monoisotopic (exact) mass is 627 g/mol. The summed E-state index contributed by atoms with van der Waals surface area (Å²) in [6.45, 7) is 3.35. The quantitative estimate of drug-likeness (QED) is 0.259. The third kappa shape index (κ3) is 6.24. The lowest BCUT2D eigenvalue weighted by Gasteiger charge is -2.39. The van der Waals surface area contributed by atoms with Gasteiger partial charge in [0.2, 0.25) is 0 Å². The smallest absolute Gasteiger partial charge is 0.396 e. The van der Waals surface area contributed by atoms with Gasteiger partial charge in [-0.2, -0.15) is 27.5 Å². The molecule has 0 unspecified atom stereocenters. The minimum Gasteiger partial charge on any atom is -0.396 e. The number of piperidine rings is 1. The van der Waals surface area contributed by atoms with E-state index in [0.29, 0.717) is 54.4 Å². The van der Waals surface area contributed by atoms with Crippen LogP contribution in [0.15, 0.2) is 43.0 Å². The molecule has 2 aliphatic rings. The van der Waals surface area contributed by atoms with Gasteiger partial charge in [0.05, 0.1) is 34.5 Å². The zero-order chi connectivity index (χ0) is 31.1. The minimum atomic E-state index is -4.58. The van der Waals surface area contributed by atoms with Crippen LogP contribution in [0, 0.1) is 17.3 Å². The number of pyridine rings is 1. The zero-order valence-electron chi connectivity index (χ0n) is 23.5. The van der Waals surface area contributed by atoms with Gasteiger partial charge in [-0.05, 0) is 43.1 Å². The normalized spacial score (nSPS) is 16.8. The Labute approximate surface area is 250 Å². The van der Waals surface area contributed by atoms with Crippen molar-refractivity contribution in [3.63, 3.8) is 0 Å². The molecule has 6 rings (SSSR count). The highest BCUT2D eigenvalue weighted by Crippen LogP contribution is 2.35. The van der Waals surface area contributed by atoms with Crippen molar-refractivity contribution < 1.29 is 26.7 Å². The topological polar surface area (TPSA) is 155 Å². The molecule has 16 heteroatoms. The van der Waals surface area contributed by atoms with Gasteiger partial charge in [0.25, 0.3) is 10.0 Å². The summed E-state index contributed by atoms with van der Waals surface area (Å²) < 4.78 is 64.9. The molecule has 1 saturated heterocycles. The maximum Gasteiger partial charge on any atom is 0.435 e. The Morgan fingerprint density at radius 2 is 1.91 bits per heavy atom. The van der Waals surface area contributed by atoms with Crippen molar-refractivity contribution >= 4 is 27.3 Å². The van der Waals surface area contributed by atoms with E-state index in [0.717, 1.165) is 23.0 Å². The number of H-pyrrole nitrogens is 1. The van der Waals surface area contributed by atoms with Crippen molar-refractivity contribution in [3.05, 3.63) is 59.9 Å². The predicted molar refractivity (Wildman–Crippen MR) is 154 cm³/mol. The molecule has 0 bridgehead atoms. The molecule has 5 heterocycles. The van der Waals surface area contributed by atoms with E-state index < -0.39 is 27.1 Å². The van der Waals surface area contributed by atoms with Crippen molar-refractivity contribution in [1.29, 1.82) is 0 Å². The van der Waals surface area contributed by atoms with E-state index in [9.17, 15) is 26.7 Å². The van der Waals surface area contributed by atoms with Gasteiger partial charge >= 0.3 is 6.18 Å². The molecule has 0 atom stereocenters. The molecule has 1 aliphatic carbocycles. The van der Waals surface area contributed by atoms with Gasteiger partial charge in [-0.1, -0.05) is 12.8 Å². The maximum atomic E-state index is 13.0. The zero-order valence-corrected chi connectivity index (χ0v) is 24.3. The number of anilines is 3. The number of aliphatic hydroxyl groups is 1. The molecule has 1 aliphatic heterocycles. The molecule has 12 nitrogen and oxygen atoms in total. The van der Waals surface area contributed by atoms with E-state index >= 15 is 0 Å². The number of hydrogen-bond acceptors (Lipinski definition) is 10. The molecular formula is C28H28F3N9O3S. The summed E-state index contributed by atoms with van der Waals surface area (Å²) in [5.41, 5.74) is 0.401.